The van der Waals surface area contributed by atoms with E-state index >= 15 is 0 Å². The molecule has 0 saturated heterocycles. The lowest BCUT2D eigenvalue weighted by molar-refractivity contribution is 0.0975. The number of hydrogen-bond donors (Lipinski definition) is 1. The SMILES string of the molecule is Cc1ccc(N2C(=O)c3ccccc3N[C@H]2c2ccc(OCc3ccc(Cl)cc3)cc2)cc1. The van der Waals surface area contributed by atoms with Crippen molar-refractivity contribution in [3.63, 3.8) is 0 Å². The van der Waals surface area contributed by atoms with E-state index < -0.39 is 0 Å². The first-order valence-electron chi connectivity index (χ1n) is 10.8. The van der Waals surface area contributed by atoms with E-state index in [1.54, 1.807) is 0 Å². The van der Waals surface area contributed by atoms with Gasteiger partial charge in [0.1, 0.15) is 18.5 Å². The van der Waals surface area contributed by atoms with Crippen LogP contribution in [0.4, 0.5) is 11.4 Å². The first-order chi connectivity index (χ1) is 16.1. The molecular formula is C28H23ClN2O2. The minimum atomic E-state index is -0.333. The molecule has 1 aliphatic heterocycles. The van der Waals surface area contributed by atoms with Crippen LogP contribution in [-0.2, 0) is 6.61 Å². The minimum absolute atomic E-state index is 0.0266. The van der Waals surface area contributed by atoms with Crippen molar-refractivity contribution in [3.8, 4) is 5.75 Å². The monoisotopic (exact) mass is 454 g/mol. The van der Waals surface area contributed by atoms with Crippen LogP contribution >= 0.6 is 11.6 Å². The maximum atomic E-state index is 13.5. The van der Waals surface area contributed by atoms with Crippen LogP contribution < -0.4 is 15.0 Å². The van der Waals surface area contributed by atoms with E-state index in [1.165, 1.54) is 0 Å². The van der Waals surface area contributed by atoms with E-state index in [1.807, 2.05) is 109 Å². The molecule has 5 rings (SSSR count). The van der Waals surface area contributed by atoms with Gasteiger partial charge in [-0.15, -0.1) is 0 Å². The molecule has 1 amide bonds. The molecule has 0 aromatic heterocycles. The summed E-state index contributed by atoms with van der Waals surface area (Å²) in [7, 11) is 0. The molecule has 5 heteroatoms. The number of nitrogens with zero attached hydrogens (tertiary/aromatic N) is 1. The fourth-order valence-corrected chi connectivity index (χ4v) is 4.08. The number of carbonyl (C=O) groups is 1. The number of amides is 1. The number of hydrogen-bond acceptors (Lipinski definition) is 3. The lowest BCUT2D eigenvalue weighted by Gasteiger charge is -2.38. The van der Waals surface area contributed by atoms with Crippen molar-refractivity contribution >= 4 is 28.9 Å². The Labute approximate surface area is 198 Å². The van der Waals surface area contributed by atoms with Gasteiger partial charge >= 0.3 is 0 Å². The predicted octanol–water partition coefficient (Wildman–Crippen LogP) is 7.00. The highest BCUT2D eigenvalue weighted by Crippen LogP contribution is 2.37. The molecule has 0 saturated carbocycles. The standard InChI is InChI=1S/C28H23ClN2O2/c1-19-6-14-23(15-7-19)31-27(30-26-5-3-2-4-25(26)28(31)32)21-10-16-24(17-11-21)33-18-20-8-12-22(29)13-9-20/h2-17,27,30H,18H2,1H3/t27-/m1/s1. The zero-order chi connectivity index (χ0) is 22.8. The van der Waals surface area contributed by atoms with Crippen molar-refractivity contribution in [2.75, 3.05) is 10.2 Å². The summed E-state index contributed by atoms with van der Waals surface area (Å²) in [5, 5.41) is 4.25. The topological polar surface area (TPSA) is 41.6 Å². The molecule has 1 heterocycles. The number of fused-ring (bicyclic) bond motifs is 1. The van der Waals surface area contributed by atoms with E-state index in [-0.39, 0.29) is 12.1 Å². The Balaban J connectivity index is 1.42. The van der Waals surface area contributed by atoms with Crippen LogP contribution in [-0.4, -0.2) is 5.91 Å². The highest BCUT2D eigenvalue weighted by Gasteiger charge is 2.33. The Kier molecular flexibility index (Phi) is 5.76. The molecule has 164 valence electrons. The van der Waals surface area contributed by atoms with Crippen LogP contribution in [0, 0.1) is 6.92 Å². The summed E-state index contributed by atoms with van der Waals surface area (Å²) in [6, 6.07) is 31.1. The van der Waals surface area contributed by atoms with Crippen LogP contribution in [0.15, 0.2) is 97.1 Å². The predicted molar refractivity (Wildman–Crippen MR) is 133 cm³/mol. The van der Waals surface area contributed by atoms with Gasteiger partial charge in [-0.2, -0.15) is 0 Å². The number of anilines is 2. The van der Waals surface area contributed by atoms with Crippen molar-refractivity contribution < 1.29 is 9.53 Å². The minimum Gasteiger partial charge on any atom is -0.489 e. The quantitative estimate of drug-likeness (QED) is 0.353. The molecule has 0 radical (unpaired) electrons. The number of halogens is 1. The number of rotatable bonds is 5. The Hall–Kier alpha value is -3.76. The number of ether oxygens (including phenoxy) is 1. The van der Waals surface area contributed by atoms with Gasteiger partial charge in [0.15, 0.2) is 0 Å². The smallest absolute Gasteiger partial charge is 0.262 e. The van der Waals surface area contributed by atoms with Crippen molar-refractivity contribution in [1.82, 2.24) is 0 Å². The summed E-state index contributed by atoms with van der Waals surface area (Å²) in [6.45, 7) is 2.50. The number of carbonyl (C=O) groups excluding carboxylic acids is 1. The van der Waals surface area contributed by atoms with E-state index in [0.29, 0.717) is 17.2 Å². The average Bonchev–Trinajstić information content (AvgIpc) is 2.85. The van der Waals surface area contributed by atoms with Crippen LogP contribution in [0.2, 0.25) is 5.02 Å². The van der Waals surface area contributed by atoms with E-state index in [0.717, 1.165) is 33.8 Å². The number of para-hydroxylation sites is 1. The number of nitrogens with one attached hydrogen (secondary N) is 1. The highest BCUT2D eigenvalue weighted by molar-refractivity contribution is 6.30. The second kappa shape index (κ2) is 9.00. The molecule has 4 aromatic rings. The van der Waals surface area contributed by atoms with Crippen LogP contribution in [0.25, 0.3) is 0 Å². The Morgan fingerprint density at radius 1 is 0.879 bits per heavy atom. The van der Waals surface area contributed by atoms with Gasteiger partial charge in [-0.3, -0.25) is 9.69 Å². The van der Waals surface area contributed by atoms with Crippen LogP contribution in [0.1, 0.15) is 33.2 Å². The fourth-order valence-electron chi connectivity index (χ4n) is 3.95. The van der Waals surface area contributed by atoms with Gasteiger partial charge < -0.3 is 10.1 Å². The Morgan fingerprint density at radius 2 is 1.58 bits per heavy atom. The van der Waals surface area contributed by atoms with Crippen LogP contribution in [0.3, 0.4) is 0 Å². The van der Waals surface area contributed by atoms with Gasteiger partial charge in [-0.1, -0.05) is 65.7 Å². The fraction of sp³-hybridized carbons (Fsp3) is 0.107. The molecule has 4 aromatic carbocycles. The molecule has 0 unspecified atom stereocenters. The summed E-state index contributed by atoms with van der Waals surface area (Å²) in [4.78, 5) is 15.3. The summed E-state index contributed by atoms with van der Waals surface area (Å²) >= 11 is 5.95. The third kappa shape index (κ3) is 4.43. The zero-order valence-corrected chi connectivity index (χ0v) is 18.9. The molecule has 1 aliphatic rings. The third-order valence-electron chi connectivity index (χ3n) is 5.75. The summed E-state index contributed by atoms with van der Waals surface area (Å²) in [6.07, 6.45) is -0.333. The second-order valence-corrected chi connectivity index (χ2v) is 8.52. The van der Waals surface area contributed by atoms with Crippen molar-refractivity contribution in [3.05, 3.63) is 124 Å². The molecule has 0 bridgehead atoms. The van der Waals surface area contributed by atoms with Gasteiger partial charge in [0.25, 0.3) is 5.91 Å². The molecule has 0 fully saturated rings. The zero-order valence-electron chi connectivity index (χ0n) is 18.2. The largest absolute Gasteiger partial charge is 0.489 e. The summed E-state index contributed by atoms with van der Waals surface area (Å²) in [5.41, 5.74) is 5.51. The van der Waals surface area contributed by atoms with Gasteiger partial charge in [0, 0.05) is 16.4 Å². The van der Waals surface area contributed by atoms with Gasteiger partial charge in [0.05, 0.1) is 5.56 Å². The van der Waals surface area contributed by atoms with Gasteiger partial charge in [-0.25, -0.2) is 0 Å². The van der Waals surface area contributed by atoms with E-state index in [4.69, 9.17) is 16.3 Å². The second-order valence-electron chi connectivity index (χ2n) is 8.09. The molecule has 1 atom stereocenters. The summed E-state index contributed by atoms with van der Waals surface area (Å²) in [5.74, 6) is 0.736. The third-order valence-corrected chi connectivity index (χ3v) is 6.01. The molecule has 1 N–H and O–H groups in total. The van der Waals surface area contributed by atoms with Crippen molar-refractivity contribution in [2.24, 2.45) is 0 Å². The molecule has 0 spiro atoms. The molecule has 4 nitrogen and oxygen atoms in total. The van der Waals surface area contributed by atoms with Crippen molar-refractivity contribution in [1.29, 1.82) is 0 Å². The molecular weight excluding hydrogens is 432 g/mol. The van der Waals surface area contributed by atoms with Crippen LogP contribution in [0.5, 0.6) is 5.75 Å². The Bertz CT molecular complexity index is 1270. The Morgan fingerprint density at radius 3 is 2.30 bits per heavy atom. The van der Waals surface area contributed by atoms with E-state index in [2.05, 4.69) is 5.32 Å². The summed E-state index contributed by atoms with van der Waals surface area (Å²) < 4.78 is 5.93. The highest BCUT2D eigenvalue weighted by atomic mass is 35.5. The maximum absolute atomic E-state index is 13.5. The maximum Gasteiger partial charge on any atom is 0.262 e. The molecule has 33 heavy (non-hydrogen) atoms. The first-order valence-corrected chi connectivity index (χ1v) is 11.2. The van der Waals surface area contributed by atoms with Gasteiger partial charge in [0.2, 0.25) is 0 Å². The van der Waals surface area contributed by atoms with Gasteiger partial charge in [-0.05, 0) is 66.6 Å². The first kappa shape index (κ1) is 21.1. The normalized spacial score (nSPS) is 15.0. The van der Waals surface area contributed by atoms with E-state index in [9.17, 15) is 4.79 Å². The average molecular weight is 455 g/mol. The number of aryl methyl sites for hydroxylation is 1. The molecule has 0 aliphatic carbocycles. The van der Waals surface area contributed by atoms with Crippen molar-refractivity contribution in [2.45, 2.75) is 19.7 Å². The lowest BCUT2D eigenvalue weighted by atomic mass is 10.0. The lowest BCUT2D eigenvalue weighted by Crippen LogP contribution is -2.43. The number of benzene rings is 4.